The van der Waals surface area contributed by atoms with Crippen LogP contribution in [0.15, 0.2) is 6.07 Å². The number of rotatable bonds is 2. The second-order valence-electron chi connectivity index (χ2n) is 3.22. The Balaban J connectivity index is 2.36. The van der Waals surface area contributed by atoms with E-state index in [1.54, 1.807) is 13.0 Å². The molecule has 0 atom stereocenters. The van der Waals surface area contributed by atoms with E-state index < -0.39 is 5.97 Å². The lowest BCUT2D eigenvalue weighted by molar-refractivity contribution is 0.0526. The van der Waals surface area contributed by atoms with Crippen LogP contribution in [0.2, 0.25) is 5.15 Å². The molecule has 1 aromatic rings. The first kappa shape index (κ1) is 10.2. The van der Waals surface area contributed by atoms with Gasteiger partial charge in [-0.15, -0.1) is 0 Å². The largest absolute Gasteiger partial charge is 0.462 e. The molecule has 4 nitrogen and oxygen atoms in total. The van der Waals surface area contributed by atoms with Crippen LogP contribution in [0.25, 0.3) is 0 Å². The standard InChI is InChI=1S/C10H11ClN2O2/c1-2-15-10(14)6-5-8-7(3-4-12-8)13-9(6)11/h5,12H,2-4H2,1H3. The molecule has 0 aromatic carbocycles. The molecule has 1 aromatic heterocycles. The van der Waals surface area contributed by atoms with Crippen molar-refractivity contribution in [3.05, 3.63) is 22.5 Å². The van der Waals surface area contributed by atoms with E-state index in [4.69, 9.17) is 16.3 Å². The number of ether oxygens (including phenoxy) is 1. The quantitative estimate of drug-likeness (QED) is 0.618. The summed E-state index contributed by atoms with van der Waals surface area (Å²) in [4.78, 5) is 15.7. The Morgan fingerprint density at radius 1 is 1.73 bits per heavy atom. The number of carbonyl (C=O) groups excluding carboxylic acids is 1. The molecule has 0 saturated heterocycles. The molecule has 2 rings (SSSR count). The van der Waals surface area contributed by atoms with Gasteiger partial charge in [0, 0.05) is 13.0 Å². The molecule has 1 aliphatic rings. The molecule has 0 fully saturated rings. The van der Waals surface area contributed by atoms with Crippen LogP contribution in [0, 0.1) is 0 Å². The summed E-state index contributed by atoms with van der Waals surface area (Å²) in [5.74, 6) is -0.425. The smallest absolute Gasteiger partial charge is 0.341 e. The molecule has 1 N–H and O–H groups in total. The Morgan fingerprint density at radius 2 is 2.53 bits per heavy atom. The summed E-state index contributed by atoms with van der Waals surface area (Å²) in [6, 6.07) is 1.70. The monoisotopic (exact) mass is 226 g/mol. The Hall–Kier alpha value is -1.29. The van der Waals surface area contributed by atoms with Gasteiger partial charge in [-0.2, -0.15) is 0 Å². The van der Waals surface area contributed by atoms with Gasteiger partial charge in [-0.3, -0.25) is 0 Å². The molecular weight excluding hydrogens is 216 g/mol. The zero-order valence-electron chi connectivity index (χ0n) is 8.34. The number of nitrogens with zero attached hydrogens (tertiary/aromatic N) is 1. The first-order chi connectivity index (χ1) is 7.22. The van der Waals surface area contributed by atoms with Crippen LogP contribution in [0.4, 0.5) is 5.69 Å². The molecule has 0 radical (unpaired) electrons. The minimum absolute atomic E-state index is 0.218. The summed E-state index contributed by atoms with van der Waals surface area (Å²) >= 11 is 5.90. The van der Waals surface area contributed by atoms with Crippen molar-refractivity contribution in [2.75, 3.05) is 18.5 Å². The number of fused-ring (bicyclic) bond motifs is 1. The number of hydrogen-bond acceptors (Lipinski definition) is 4. The first-order valence-electron chi connectivity index (χ1n) is 4.82. The van der Waals surface area contributed by atoms with Crippen molar-refractivity contribution in [1.82, 2.24) is 4.98 Å². The Morgan fingerprint density at radius 3 is 3.27 bits per heavy atom. The third-order valence-corrected chi connectivity index (χ3v) is 2.52. The zero-order valence-corrected chi connectivity index (χ0v) is 9.10. The Bertz CT molecular complexity index is 407. The van der Waals surface area contributed by atoms with E-state index in [2.05, 4.69) is 10.3 Å². The van der Waals surface area contributed by atoms with Crippen LogP contribution >= 0.6 is 11.6 Å². The van der Waals surface area contributed by atoms with Crippen molar-refractivity contribution in [3.63, 3.8) is 0 Å². The van der Waals surface area contributed by atoms with Crippen LogP contribution in [-0.2, 0) is 11.2 Å². The lowest BCUT2D eigenvalue weighted by Gasteiger charge is -2.06. The number of halogens is 1. The maximum absolute atomic E-state index is 11.5. The fourth-order valence-electron chi connectivity index (χ4n) is 1.54. The van der Waals surface area contributed by atoms with Gasteiger partial charge in [0.2, 0.25) is 0 Å². The molecule has 0 bridgehead atoms. The summed E-state index contributed by atoms with van der Waals surface area (Å²) in [5, 5.41) is 3.35. The summed E-state index contributed by atoms with van der Waals surface area (Å²) in [6.45, 7) is 2.93. The van der Waals surface area contributed by atoms with Crippen LogP contribution in [0.5, 0.6) is 0 Å². The summed E-state index contributed by atoms with van der Waals surface area (Å²) < 4.78 is 4.88. The summed E-state index contributed by atoms with van der Waals surface area (Å²) in [7, 11) is 0. The third kappa shape index (κ3) is 1.90. The highest BCUT2D eigenvalue weighted by atomic mass is 35.5. The zero-order chi connectivity index (χ0) is 10.8. The molecule has 0 saturated carbocycles. The number of esters is 1. The van der Waals surface area contributed by atoms with E-state index in [0.717, 1.165) is 24.3 Å². The third-order valence-electron chi connectivity index (χ3n) is 2.23. The predicted molar refractivity (Wildman–Crippen MR) is 57.4 cm³/mol. The highest BCUT2D eigenvalue weighted by Gasteiger charge is 2.19. The van der Waals surface area contributed by atoms with Gasteiger partial charge in [0.25, 0.3) is 0 Å². The van der Waals surface area contributed by atoms with E-state index >= 15 is 0 Å². The van der Waals surface area contributed by atoms with Crippen LogP contribution < -0.4 is 5.32 Å². The molecule has 0 unspecified atom stereocenters. The summed E-state index contributed by atoms with van der Waals surface area (Å²) in [6.07, 6.45) is 0.845. The fraction of sp³-hybridized carbons (Fsp3) is 0.400. The van der Waals surface area contributed by atoms with Crippen molar-refractivity contribution >= 4 is 23.3 Å². The van der Waals surface area contributed by atoms with Gasteiger partial charge in [-0.1, -0.05) is 11.6 Å². The van der Waals surface area contributed by atoms with Gasteiger partial charge in [0.15, 0.2) is 0 Å². The molecule has 15 heavy (non-hydrogen) atoms. The molecule has 80 valence electrons. The molecule has 2 heterocycles. The van der Waals surface area contributed by atoms with Crippen LogP contribution in [0.1, 0.15) is 23.0 Å². The lowest BCUT2D eigenvalue weighted by atomic mass is 10.2. The van der Waals surface area contributed by atoms with E-state index in [1.165, 1.54) is 0 Å². The molecule has 1 aliphatic heterocycles. The molecule has 0 spiro atoms. The lowest BCUT2D eigenvalue weighted by Crippen LogP contribution is -2.07. The second kappa shape index (κ2) is 4.06. The van der Waals surface area contributed by atoms with Crippen LogP contribution in [-0.4, -0.2) is 24.1 Å². The fourth-order valence-corrected chi connectivity index (χ4v) is 1.77. The summed E-state index contributed by atoms with van der Waals surface area (Å²) in [5.41, 5.74) is 2.11. The average Bonchev–Trinajstić information content (AvgIpc) is 2.63. The van der Waals surface area contributed by atoms with Gasteiger partial charge < -0.3 is 10.1 Å². The number of anilines is 1. The number of nitrogens with one attached hydrogen (secondary N) is 1. The SMILES string of the molecule is CCOC(=O)c1cc2c(nc1Cl)CCN2. The number of pyridine rings is 1. The van der Waals surface area contributed by atoms with E-state index in [0.29, 0.717) is 12.2 Å². The van der Waals surface area contributed by atoms with E-state index in [9.17, 15) is 4.79 Å². The number of carbonyl (C=O) groups is 1. The van der Waals surface area contributed by atoms with Gasteiger partial charge in [0.1, 0.15) is 5.15 Å². The maximum Gasteiger partial charge on any atom is 0.341 e. The normalized spacial score (nSPS) is 13.2. The van der Waals surface area contributed by atoms with E-state index in [-0.39, 0.29) is 5.15 Å². The predicted octanol–water partition coefficient (Wildman–Crippen LogP) is 1.88. The molecular formula is C10H11ClN2O2. The van der Waals surface area contributed by atoms with Gasteiger partial charge in [-0.25, -0.2) is 9.78 Å². The first-order valence-corrected chi connectivity index (χ1v) is 5.20. The van der Waals surface area contributed by atoms with Gasteiger partial charge >= 0.3 is 5.97 Å². The maximum atomic E-state index is 11.5. The Kier molecular flexibility index (Phi) is 2.77. The highest BCUT2D eigenvalue weighted by Crippen LogP contribution is 2.26. The average molecular weight is 227 g/mol. The topological polar surface area (TPSA) is 51.2 Å². The minimum Gasteiger partial charge on any atom is -0.462 e. The van der Waals surface area contributed by atoms with Gasteiger partial charge in [0.05, 0.1) is 23.6 Å². The van der Waals surface area contributed by atoms with E-state index in [1.807, 2.05) is 0 Å². The van der Waals surface area contributed by atoms with Crippen molar-refractivity contribution in [1.29, 1.82) is 0 Å². The van der Waals surface area contributed by atoms with Gasteiger partial charge in [-0.05, 0) is 13.0 Å². The molecule has 5 heteroatoms. The van der Waals surface area contributed by atoms with Crippen molar-refractivity contribution < 1.29 is 9.53 Å². The molecule has 0 amide bonds. The Labute approximate surface area is 92.6 Å². The van der Waals surface area contributed by atoms with Crippen molar-refractivity contribution in [2.45, 2.75) is 13.3 Å². The van der Waals surface area contributed by atoms with Crippen molar-refractivity contribution in [2.24, 2.45) is 0 Å². The van der Waals surface area contributed by atoms with Crippen molar-refractivity contribution in [3.8, 4) is 0 Å². The second-order valence-corrected chi connectivity index (χ2v) is 3.58. The number of aromatic nitrogens is 1. The number of hydrogen-bond donors (Lipinski definition) is 1. The highest BCUT2D eigenvalue weighted by molar-refractivity contribution is 6.32. The molecule has 0 aliphatic carbocycles. The minimum atomic E-state index is -0.425. The van der Waals surface area contributed by atoms with Crippen LogP contribution in [0.3, 0.4) is 0 Å².